The summed E-state index contributed by atoms with van der Waals surface area (Å²) < 4.78 is 0. The molecule has 1 aliphatic heterocycles. The van der Waals surface area contributed by atoms with Gasteiger partial charge in [-0.05, 0) is 42.9 Å². The van der Waals surface area contributed by atoms with Crippen LogP contribution in [0, 0.1) is 12.8 Å². The predicted molar refractivity (Wildman–Crippen MR) is 99.4 cm³/mol. The second-order valence-electron chi connectivity index (χ2n) is 6.86. The molecule has 2 atom stereocenters. The molecule has 5 nitrogen and oxygen atoms in total. The Morgan fingerprint density at radius 3 is 2.54 bits per heavy atom. The molecule has 1 aromatic carbocycles. The quantitative estimate of drug-likeness (QED) is 0.910. The van der Waals surface area contributed by atoms with Crippen molar-refractivity contribution in [1.29, 1.82) is 0 Å². The molecule has 1 amide bonds. The van der Waals surface area contributed by atoms with Crippen molar-refractivity contribution in [2.75, 3.05) is 13.1 Å². The highest BCUT2D eigenvalue weighted by molar-refractivity contribution is 5.94. The topological polar surface area (TPSA) is 70.5 Å². The highest BCUT2D eigenvalue weighted by atomic mass is 16.4. The van der Waals surface area contributed by atoms with Gasteiger partial charge in [0.15, 0.2) is 0 Å². The van der Waals surface area contributed by atoms with E-state index >= 15 is 0 Å². The van der Waals surface area contributed by atoms with Gasteiger partial charge >= 0.3 is 5.97 Å². The molecule has 3 rings (SSSR count). The first-order valence-corrected chi connectivity index (χ1v) is 9.06. The summed E-state index contributed by atoms with van der Waals surface area (Å²) in [7, 11) is 0. The molecule has 26 heavy (non-hydrogen) atoms. The van der Waals surface area contributed by atoms with Crippen LogP contribution in [-0.4, -0.2) is 40.0 Å². The van der Waals surface area contributed by atoms with E-state index in [1.54, 1.807) is 6.92 Å². The third-order valence-electron chi connectivity index (χ3n) is 5.31. The van der Waals surface area contributed by atoms with Crippen molar-refractivity contribution in [3.8, 4) is 0 Å². The number of aromatic carboxylic acids is 1. The Kier molecular flexibility index (Phi) is 5.35. The van der Waals surface area contributed by atoms with Gasteiger partial charge in [-0.2, -0.15) is 0 Å². The lowest BCUT2D eigenvalue weighted by molar-refractivity contribution is 0.0635. The van der Waals surface area contributed by atoms with Crippen LogP contribution in [0.2, 0.25) is 0 Å². The Morgan fingerprint density at radius 2 is 1.92 bits per heavy atom. The Balaban J connectivity index is 1.76. The number of nitrogens with zero attached hydrogens (tertiary/aromatic N) is 2. The van der Waals surface area contributed by atoms with E-state index in [0.29, 0.717) is 36.3 Å². The standard InChI is InChI=1S/C21H24N2O3/c1-3-15-13-23(12-11-18(15)16-7-5-4-6-8-16)20(24)19-10-9-17(21(25)26)14(2)22-19/h4-10,15,18H,3,11-13H2,1-2H3,(H,25,26). The predicted octanol–water partition coefficient (Wildman–Crippen LogP) is 3.74. The highest BCUT2D eigenvalue weighted by Gasteiger charge is 2.32. The first-order valence-electron chi connectivity index (χ1n) is 9.06. The summed E-state index contributed by atoms with van der Waals surface area (Å²) >= 11 is 0. The van der Waals surface area contributed by atoms with E-state index in [2.05, 4.69) is 36.2 Å². The zero-order valence-electron chi connectivity index (χ0n) is 15.2. The van der Waals surface area contributed by atoms with E-state index in [9.17, 15) is 9.59 Å². The molecule has 2 aromatic rings. The molecule has 1 saturated heterocycles. The molecule has 1 aliphatic rings. The first-order chi connectivity index (χ1) is 12.5. The van der Waals surface area contributed by atoms with Gasteiger partial charge in [0.05, 0.1) is 11.3 Å². The lowest BCUT2D eigenvalue weighted by Gasteiger charge is -2.38. The number of aryl methyl sites for hydroxylation is 1. The summed E-state index contributed by atoms with van der Waals surface area (Å²) in [5.74, 6) is -0.262. The van der Waals surface area contributed by atoms with Gasteiger partial charge in [-0.15, -0.1) is 0 Å². The van der Waals surface area contributed by atoms with Gasteiger partial charge in [-0.1, -0.05) is 43.7 Å². The largest absolute Gasteiger partial charge is 0.478 e. The number of carbonyl (C=O) groups is 2. The van der Waals surface area contributed by atoms with Crippen molar-refractivity contribution in [1.82, 2.24) is 9.88 Å². The minimum atomic E-state index is -1.02. The molecule has 0 spiro atoms. The van der Waals surface area contributed by atoms with Crippen molar-refractivity contribution in [2.45, 2.75) is 32.6 Å². The van der Waals surface area contributed by atoms with E-state index in [1.807, 2.05) is 11.0 Å². The summed E-state index contributed by atoms with van der Waals surface area (Å²) in [5.41, 5.74) is 2.16. The molecule has 2 heterocycles. The van der Waals surface area contributed by atoms with Crippen molar-refractivity contribution in [3.63, 3.8) is 0 Å². The van der Waals surface area contributed by atoms with E-state index < -0.39 is 5.97 Å². The van der Waals surface area contributed by atoms with Crippen molar-refractivity contribution in [3.05, 3.63) is 65.0 Å². The van der Waals surface area contributed by atoms with Crippen molar-refractivity contribution >= 4 is 11.9 Å². The molecular formula is C21H24N2O3. The highest BCUT2D eigenvalue weighted by Crippen LogP contribution is 2.35. The van der Waals surface area contributed by atoms with Gasteiger partial charge in [-0.25, -0.2) is 9.78 Å². The maximum absolute atomic E-state index is 12.9. The minimum absolute atomic E-state index is 0.116. The Bertz CT molecular complexity index is 804. The van der Waals surface area contributed by atoms with Crippen LogP contribution in [0.1, 0.15) is 57.8 Å². The Hall–Kier alpha value is -2.69. The normalized spacial score (nSPS) is 20.0. The molecule has 0 saturated carbocycles. The van der Waals surface area contributed by atoms with Crippen LogP contribution in [0.5, 0.6) is 0 Å². The number of carboxylic acids is 1. The molecule has 136 valence electrons. The average molecular weight is 352 g/mol. The molecule has 0 radical (unpaired) electrons. The number of benzene rings is 1. The molecule has 5 heteroatoms. The number of likely N-dealkylation sites (tertiary alicyclic amines) is 1. The van der Waals surface area contributed by atoms with E-state index in [-0.39, 0.29) is 11.5 Å². The number of piperidine rings is 1. The van der Waals surface area contributed by atoms with Gasteiger partial charge in [0, 0.05) is 13.1 Å². The van der Waals surface area contributed by atoms with Crippen LogP contribution < -0.4 is 0 Å². The summed E-state index contributed by atoms with van der Waals surface area (Å²) in [4.78, 5) is 30.1. The van der Waals surface area contributed by atoms with Crippen LogP contribution in [0.15, 0.2) is 42.5 Å². The van der Waals surface area contributed by atoms with Gasteiger partial charge < -0.3 is 10.0 Å². The van der Waals surface area contributed by atoms with Crippen molar-refractivity contribution < 1.29 is 14.7 Å². The fraction of sp³-hybridized carbons (Fsp3) is 0.381. The molecule has 1 N–H and O–H groups in total. The third kappa shape index (κ3) is 3.62. The van der Waals surface area contributed by atoms with Gasteiger partial charge in [0.1, 0.15) is 5.69 Å². The number of carboxylic acid groups (broad SMARTS) is 1. The van der Waals surface area contributed by atoms with Crippen LogP contribution in [-0.2, 0) is 0 Å². The number of hydrogen-bond donors (Lipinski definition) is 1. The van der Waals surface area contributed by atoms with Crippen LogP contribution in [0.3, 0.4) is 0 Å². The lowest BCUT2D eigenvalue weighted by atomic mass is 9.79. The van der Waals surface area contributed by atoms with Crippen LogP contribution in [0.4, 0.5) is 0 Å². The number of aromatic nitrogens is 1. The number of carbonyl (C=O) groups excluding carboxylic acids is 1. The van der Waals surface area contributed by atoms with E-state index in [4.69, 9.17) is 5.11 Å². The molecule has 2 unspecified atom stereocenters. The summed E-state index contributed by atoms with van der Waals surface area (Å²) in [6.45, 7) is 5.18. The molecule has 0 aliphatic carbocycles. The Labute approximate surface area is 153 Å². The first kappa shape index (κ1) is 18.1. The summed E-state index contributed by atoms with van der Waals surface area (Å²) in [6, 6.07) is 13.5. The summed E-state index contributed by atoms with van der Waals surface area (Å²) in [6.07, 6.45) is 1.94. The zero-order chi connectivity index (χ0) is 18.7. The number of pyridine rings is 1. The van der Waals surface area contributed by atoms with E-state index in [1.165, 1.54) is 17.7 Å². The number of hydrogen-bond acceptors (Lipinski definition) is 3. The minimum Gasteiger partial charge on any atom is -0.478 e. The van der Waals surface area contributed by atoms with Crippen LogP contribution in [0.25, 0.3) is 0 Å². The van der Waals surface area contributed by atoms with Crippen molar-refractivity contribution in [2.24, 2.45) is 5.92 Å². The smallest absolute Gasteiger partial charge is 0.337 e. The molecular weight excluding hydrogens is 328 g/mol. The zero-order valence-corrected chi connectivity index (χ0v) is 15.2. The van der Waals surface area contributed by atoms with Gasteiger partial charge in [0.25, 0.3) is 5.91 Å². The average Bonchev–Trinajstić information content (AvgIpc) is 2.67. The second-order valence-corrected chi connectivity index (χ2v) is 6.86. The molecule has 1 fully saturated rings. The maximum Gasteiger partial charge on any atom is 0.337 e. The van der Waals surface area contributed by atoms with E-state index in [0.717, 1.165) is 12.8 Å². The number of rotatable bonds is 4. The second kappa shape index (κ2) is 7.68. The monoisotopic (exact) mass is 352 g/mol. The van der Waals surface area contributed by atoms with Gasteiger partial charge in [-0.3, -0.25) is 4.79 Å². The fourth-order valence-corrected chi connectivity index (χ4v) is 3.84. The fourth-order valence-electron chi connectivity index (χ4n) is 3.84. The molecule has 1 aromatic heterocycles. The third-order valence-corrected chi connectivity index (χ3v) is 5.31. The summed E-state index contributed by atoms with van der Waals surface area (Å²) in [5, 5.41) is 9.11. The van der Waals surface area contributed by atoms with Crippen LogP contribution >= 0.6 is 0 Å². The SMILES string of the molecule is CCC1CN(C(=O)c2ccc(C(=O)O)c(C)n2)CCC1c1ccccc1. The lowest BCUT2D eigenvalue weighted by Crippen LogP contribution is -2.43. The number of amides is 1. The van der Waals surface area contributed by atoms with Gasteiger partial charge in [0.2, 0.25) is 0 Å². The Morgan fingerprint density at radius 1 is 1.19 bits per heavy atom. The molecule has 0 bridgehead atoms. The maximum atomic E-state index is 12.9.